The van der Waals surface area contributed by atoms with Crippen LogP contribution in [0.25, 0.3) is 21.9 Å². The number of nitrogens with one attached hydrogen (secondary N) is 2. The SMILES string of the molecule is COc1c(NC(=O)Nc2ccc(-c3ccc(CN4CCOCC4)nc3)c3ccccc23)cc(C(C)(C)C)cc1N(C(C)=O)C(C)=O. The zero-order valence-electron chi connectivity index (χ0n) is 27.3. The molecule has 1 aromatic heterocycles. The maximum absolute atomic E-state index is 13.5. The Balaban J connectivity index is 1.43. The van der Waals surface area contributed by atoms with Gasteiger partial charge in [0, 0.05) is 50.6 Å². The monoisotopic (exact) mass is 623 g/mol. The number of ether oxygens (including phenoxy) is 2. The van der Waals surface area contributed by atoms with E-state index in [1.807, 2.05) is 63.4 Å². The van der Waals surface area contributed by atoms with E-state index in [1.54, 1.807) is 12.1 Å². The summed E-state index contributed by atoms with van der Waals surface area (Å²) in [6.45, 7) is 12.7. The summed E-state index contributed by atoms with van der Waals surface area (Å²) in [5, 5.41) is 7.72. The number of hydrogen-bond donors (Lipinski definition) is 2. The molecular formula is C36H41N5O5. The highest BCUT2D eigenvalue weighted by Gasteiger charge is 2.27. The van der Waals surface area contributed by atoms with Crippen LogP contribution in [0.15, 0.2) is 66.9 Å². The molecule has 0 spiro atoms. The van der Waals surface area contributed by atoms with Crippen molar-refractivity contribution in [1.29, 1.82) is 0 Å². The fourth-order valence-corrected chi connectivity index (χ4v) is 5.68. The molecule has 0 bridgehead atoms. The molecule has 4 amide bonds. The van der Waals surface area contributed by atoms with E-state index >= 15 is 0 Å². The Labute approximate surface area is 269 Å². The highest BCUT2D eigenvalue weighted by molar-refractivity contribution is 6.15. The topological polar surface area (TPSA) is 113 Å². The van der Waals surface area contributed by atoms with Crippen LogP contribution < -0.4 is 20.3 Å². The predicted octanol–water partition coefficient (Wildman–Crippen LogP) is 6.58. The summed E-state index contributed by atoms with van der Waals surface area (Å²) in [6.07, 6.45) is 1.90. The predicted molar refractivity (Wildman–Crippen MR) is 181 cm³/mol. The number of carbonyl (C=O) groups is 3. The van der Waals surface area contributed by atoms with Crippen molar-refractivity contribution in [2.45, 2.75) is 46.6 Å². The summed E-state index contributed by atoms with van der Waals surface area (Å²) in [5.41, 5.74) is 4.67. The van der Waals surface area contributed by atoms with Crippen molar-refractivity contribution in [2.75, 3.05) is 48.9 Å². The summed E-state index contributed by atoms with van der Waals surface area (Å²) in [7, 11) is 1.44. The summed E-state index contributed by atoms with van der Waals surface area (Å²) in [6, 6.07) is 18.9. The van der Waals surface area contributed by atoms with E-state index in [0.717, 1.165) is 70.9 Å². The molecule has 240 valence electrons. The highest BCUT2D eigenvalue weighted by atomic mass is 16.5. The maximum atomic E-state index is 13.5. The molecule has 0 saturated carbocycles. The Hall–Kier alpha value is -4.80. The minimum absolute atomic E-state index is 0.207. The minimum atomic E-state index is -0.500. The molecule has 2 heterocycles. The molecule has 2 N–H and O–H groups in total. The van der Waals surface area contributed by atoms with Gasteiger partial charge in [0.1, 0.15) is 0 Å². The van der Waals surface area contributed by atoms with Gasteiger partial charge in [-0.05, 0) is 46.2 Å². The second-order valence-electron chi connectivity index (χ2n) is 12.4. The van der Waals surface area contributed by atoms with Gasteiger partial charge in [-0.1, -0.05) is 57.2 Å². The number of methoxy groups -OCH3 is 1. The van der Waals surface area contributed by atoms with Crippen molar-refractivity contribution >= 4 is 45.7 Å². The average Bonchev–Trinajstić information content (AvgIpc) is 3.01. The zero-order valence-corrected chi connectivity index (χ0v) is 27.3. The van der Waals surface area contributed by atoms with Crippen molar-refractivity contribution in [3.05, 3.63) is 78.1 Å². The van der Waals surface area contributed by atoms with Crippen molar-refractivity contribution in [3.63, 3.8) is 0 Å². The second-order valence-corrected chi connectivity index (χ2v) is 12.4. The number of hydrogen-bond acceptors (Lipinski definition) is 7. The number of carbonyl (C=O) groups excluding carboxylic acids is 3. The third-order valence-electron chi connectivity index (χ3n) is 8.06. The van der Waals surface area contributed by atoms with Crippen molar-refractivity contribution < 1.29 is 23.9 Å². The van der Waals surface area contributed by atoms with Crippen LogP contribution >= 0.6 is 0 Å². The molecule has 1 saturated heterocycles. The van der Waals surface area contributed by atoms with Crippen LogP contribution in [0.4, 0.5) is 21.9 Å². The van der Waals surface area contributed by atoms with Crippen LogP contribution in [0.5, 0.6) is 5.75 Å². The third-order valence-corrected chi connectivity index (χ3v) is 8.06. The number of anilines is 3. The lowest BCUT2D eigenvalue weighted by atomic mass is 9.86. The van der Waals surface area contributed by atoms with E-state index in [-0.39, 0.29) is 16.9 Å². The summed E-state index contributed by atoms with van der Waals surface area (Å²) >= 11 is 0. The van der Waals surface area contributed by atoms with Crippen LogP contribution in [-0.4, -0.2) is 61.1 Å². The Bertz CT molecular complexity index is 1740. The molecule has 46 heavy (non-hydrogen) atoms. The fraction of sp³-hybridized carbons (Fsp3) is 0.333. The minimum Gasteiger partial charge on any atom is -0.492 e. The lowest BCUT2D eigenvalue weighted by Crippen LogP contribution is -2.35. The van der Waals surface area contributed by atoms with E-state index in [1.165, 1.54) is 21.0 Å². The molecular weight excluding hydrogens is 582 g/mol. The molecule has 10 nitrogen and oxygen atoms in total. The van der Waals surface area contributed by atoms with E-state index in [4.69, 9.17) is 14.5 Å². The number of benzene rings is 3. The van der Waals surface area contributed by atoms with E-state index in [2.05, 4.69) is 27.7 Å². The number of rotatable bonds is 7. The zero-order chi connectivity index (χ0) is 33.0. The first kappa shape index (κ1) is 32.6. The van der Waals surface area contributed by atoms with Gasteiger partial charge >= 0.3 is 6.03 Å². The molecule has 1 aliphatic heterocycles. The molecule has 3 aromatic carbocycles. The van der Waals surface area contributed by atoms with E-state index in [9.17, 15) is 14.4 Å². The number of amides is 4. The first-order chi connectivity index (χ1) is 22.0. The van der Waals surface area contributed by atoms with Gasteiger partial charge < -0.3 is 20.1 Å². The number of morpholine rings is 1. The van der Waals surface area contributed by atoms with Crippen molar-refractivity contribution in [2.24, 2.45) is 0 Å². The number of imide groups is 1. The normalized spacial score (nSPS) is 13.7. The molecule has 5 rings (SSSR count). The molecule has 0 radical (unpaired) electrons. The first-order valence-corrected chi connectivity index (χ1v) is 15.3. The number of aromatic nitrogens is 1. The van der Waals surface area contributed by atoms with Gasteiger partial charge in [-0.3, -0.25) is 19.5 Å². The molecule has 4 aromatic rings. The Morgan fingerprint density at radius 3 is 2.20 bits per heavy atom. The van der Waals surface area contributed by atoms with Crippen LogP contribution in [0.2, 0.25) is 0 Å². The number of urea groups is 1. The fourth-order valence-electron chi connectivity index (χ4n) is 5.68. The largest absolute Gasteiger partial charge is 0.492 e. The molecule has 1 aliphatic rings. The molecule has 0 unspecified atom stereocenters. The van der Waals surface area contributed by atoms with Gasteiger partial charge in [-0.15, -0.1) is 0 Å². The van der Waals surface area contributed by atoms with E-state index < -0.39 is 17.8 Å². The number of pyridine rings is 1. The van der Waals surface area contributed by atoms with Gasteiger partial charge in [-0.25, -0.2) is 9.69 Å². The van der Waals surface area contributed by atoms with Gasteiger partial charge in [0.25, 0.3) is 0 Å². The first-order valence-electron chi connectivity index (χ1n) is 15.3. The van der Waals surface area contributed by atoms with Gasteiger partial charge in [0.15, 0.2) is 5.75 Å². The van der Waals surface area contributed by atoms with E-state index in [0.29, 0.717) is 11.4 Å². The van der Waals surface area contributed by atoms with Gasteiger partial charge in [0.2, 0.25) is 11.8 Å². The second kappa shape index (κ2) is 13.7. The Morgan fingerprint density at radius 1 is 0.913 bits per heavy atom. The van der Waals surface area contributed by atoms with Crippen LogP contribution in [-0.2, 0) is 26.3 Å². The lowest BCUT2D eigenvalue weighted by Gasteiger charge is -2.27. The molecule has 1 fully saturated rings. The standard InChI is InChI=1S/C36H41N5O5/c1-23(42)41(24(2)43)33-20-26(36(3,4)5)19-32(34(33)45-6)39-35(44)38-31-14-13-28(29-9-7-8-10-30(29)31)25-11-12-27(37-21-25)22-40-15-17-46-18-16-40/h7-14,19-21H,15-18,22H2,1-6H3,(H2,38,39,44). The molecule has 0 atom stereocenters. The molecule has 10 heteroatoms. The van der Waals surface area contributed by atoms with Crippen LogP contribution in [0, 0.1) is 0 Å². The summed E-state index contributed by atoms with van der Waals surface area (Å²) < 4.78 is 11.1. The summed E-state index contributed by atoms with van der Waals surface area (Å²) in [4.78, 5) is 46.6. The summed E-state index contributed by atoms with van der Waals surface area (Å²) in [5.74, 6) is -0.708. The molecule has 0 aliphatic carbocycles. The maximum Gasteiger partial charge on any atom is 0.323 e. The Kier molecular flexibility index (Phi) is 9.69. The Morgan fingerprint density at radius 2 is 1.59 bits per heavy atom. The number of fused-ring (bicyclic) bond motifs is 1. The van der Waals surface area contributed by atoms with Crippen molar-refractivity contribution in [3.8, 4) is 16.9 Å². The third kappa shape index (κ3) is 7.19. The van der Waals surface area contributed by atoms with Crippen LogP contribution in [0.3, 0.4) is 0 Å². The van der Waals surface area contributed by atoms with Gasteiger partial charge in [-0.2, -0.15) is 0 Å². The lowest BCUT2D eigenvalue weighted by molar-refractivity contribution is -0.124. The van der Waals surface area contributed by atoms with Crippen molar-refractivity contribution in [1.82, 2.24) is 9.88 Å². The van der Waals surface area contributed by atoms with Gasteiger partial charge in [0.05, 0.1) is 43.1 Å². The average molecular weight is 624 g/mol. The quantitative estimate of drug-likeness (QED) is 0.239. The number of nitrogens with zero attached hydrogens (tertiary/aromatic N) is 3. The smallest absolute Gasteiger partial charge is 0.323 e. The highest BCUT2D eigenvalue weighted by Crippen LogP contribution is 2.41. The van der Waals surface area contributed by atoms with Crippen LogP contribution in [0.1, 0.15) is 45.9 Å².